The largest absolute Gasteiger partial charge is 0.381 e. The van der Waals surface area contributed by atoms with Crippen molar-refractivity contribution in [2.75, 3.05) is 53.0 Å². The fraction of sp³-hybridized carbons (Fsp3) is 0.650. The molecule has 2 aliphatic heterocycles. The molecular formula is C20H28F2N4O. The summed E-state index contributed by atoms with van der Waals surface area (Å²) in [5.74, 6) is 0.471. The maximum atomic E-state index is 14.0. The molecule has 0 bridgehead atoms. The van der Waals surface area contributed by atoms with E-state index in [0.29, 0.717) is 5.92 Å². The number of nitrogens with zero attached hydrogens (tertiary/aromatic N) is 3. The van der Waals surface area contributed by atoms with Gasteiger partial charge < -0.3 is 15.0 Å². The number of hydrogen-bond donors (Lipinski definition) is 1. The number of guanidine groups is 1. The Kier molecular flexibility index (Phi) is 5.59. The fourth-order valence-electron chi connectivity index (χ4n) is 4.24. The van der Waals surface area contributed by atoms with E-state index in [0.717, 1.165) is 58.3 Å². The number of rotatable bonds is 4. The molecule has 1 N–H and O–H groups in total. The molecule has 1 aromatic rings. The smallest absolute Gasteiger partial charge is 0.193 e. The summed E-state index contributed by atoms with van der Waals surface area (Å²) in [6, 6.07) is 4.12. The van der Waals surface area contributed by atoms with Gasteiger partial charge in [0.2, 0.25) is 0 Å². The van der Waals surface area contributed by atoms with Crippen molar-refractivity contribution < 1.29 is 13.5 Å². The number of benzene rings is 1. The number of ether oxygens (including phenoxy) is 1. The first-order valence-corrected chi connectivity index (χ1v) is 9.88. The van der Waals surface area contributed by atoms with Crippen LogP contribution in [0.1, 0.15) is 24.3 Å². The van der Waals surface area contributed by atoms with Crippen molar-refractivity contribution in [3.8, 4) is 0 Å². The van der Waals surface area contributed by atoms with Crippen LogP contribution in [0, 0.1) is 17.6 Å². The van der Waals surface area contributed by atoms with Gasteiger partial charge in [-0.1, -0.05) is 6.07 Å². The lowest BCUT2D eigenvalue weighted by molar-refractivity contribution is 0.139. The van der Waals surface area contributed by atoms with E-state index in [-0.39, 0.29) is 17.5 Å². The second-order valence-electron chi connectivity index (χ2n) is 7.79. The van der Waals surface area contributed by atoms with Gasteiger partial charge in [-0.15, -0.1) is 0 Å². The summed E-state index contributed by atoms with van der Waals surface area (Å²) >= 11 is 0. The van der Waals surface area contributed by atoms with Gasteiger partial charge in [-0.3, -0.25) is 9.89 Å². The average molecular weight is 378 g/mol. The van der Waals surface area contributed by atoms with Gasteiger partial charge in [0.05, 0.1) is 6.61 Å². The first-order chi connectivity index (χ1) is 13.2. The highest BCUT2D eigenvalue weighted by molar-refractivity contribution is 5.81. The Bertz CT molecular complexity index is 664. The lowest BCUT2D eigenvalue weighted by atomic mass is 10.1. The molecule has 2 heterocycles. The van der Waals surface area contributed by atoms with Gasteiger partial charge in [0.25, 0.3) is 0 Å². The van der Waals surface area contributed by atoms with Crippen LogP contribution in [0.4, 0.5) is 8.78 Å². The van der Waals surface area contributed by atoms with E-state index in [9.17, 15) is 8.78 Å². The fourth-order valence-corrected chi connectivity index (χ4v) is 4.24. The van der Waals surface area contributed by atoms with Crippen molar-refractivity contribution in [2.45, 2.75) is 24.8 Å². The molecule has 1 aromatic carbocycles. The Morgan fingerprint density at radius 3 is 2.59 bits per heavy atom. The van der Waals surface area contributed by atoms with Crippen LogP contribution in [0.5, 0.6) is 0 Å². The molecule has 0 aromatic heterocycles. The first kappa shape index (κ1) is 18.6. The SMILES string of the molecule is CN=C(NC1CC1c1c(F)cccc1F)N1CCN(CC2CCOC2)CC1. The van der Waals surface area contributed by atoms with Gasteiger partial charge in [0.15, 0.2) is 5.96 Å². The lowest BCUT2D eigenvalue weighted by Gasteiger charge is -2.37. The Labute approximate surface area is 159 Å². The van der Waals surface area contributed by atoms with Crippen LogP contribution in [0.15, 0.2) is 23.2 Å². The second kappa shape index (κ2) is 8.10. The highest BCUT2D eigenvalue weighted by atomic mass is 19.1. The third-order valence-electron chi connectivity index (χ3n) is 5.90. The zero-order chi connectivity index (χ0) is 18.8. The highest BCUT2D eigenvalue weighted by Gasteiger charge is 2.43. The van der Waals surface area contributed by atoms with Crippen LogP contribution in [0.2, 0.25) is 0 Å². The molecule has 3 fully saturated rings. The summed E-state index contributed by atoms with van der Waals surface area (Å²) in [7, 11) is 1.77. The number of nitrogens with one attached hydrogen (secondary N) is 1. The van der Waals surface area contributed by atoms with Gasteiger partial charge in [-0.2, -0.15) is 0 Å². The molecule has 3 unspecified atom stereocenters. The molecule has 0 amide bonds. The van der Waals surface area contributed by atoms with E-state index in [1.165, 1.54) is 24.6 Å². The molecule has 3 atom stereocenters. The Morgan fingerprint density at radius 1 is 1.22 bits per heavy atom. The van der Waals surface area contributed by atoms with E-state index in [1.54, 1.807) is 7.05 Å². The molecular weight excluding hydrogens is 350 g/mol. The van der Waals surface area contributed by atoms with Crippen molar-refractivity contribution in [3.63, 3.8) is 0 Å². The van der Waals surface area contributed by atoms with E-state index < -0.39 is 11.6 Å². The molecule has 27 heavy (non-hydrogen) atoms. The molecule has 2 saturated heterocycles. The van der Waals surface area contributed by atoms with Gasteiger partial charge in [-0.25, -0.2) is 8.78 Å². The molecule has 5 nitrogen and oxygen atoms in total. The molecule has 0 spiro atoms. The van der Waals surface area contributed by atoms with Gasteiger partial charge in [-0.05, 0) is 30.9 Å². The van der Waals surface area contributed by atoms with Crippen molar-refractivity contribution >= 4 is 5.96 Å². The maximum Gasteiger partial charge on any atom is 0.193 e. The topological polar surface area (TPSA) is 40.1 Å². The molecule has 3 aliphatic rings. The second-order valence-corrected chi connectivity index (χ2v) is 7.79. The maximum absolute atomic E-state index is 14.0. The molecule has 0 radical (unpaired) electrons. The van der Waals surface area contributed by atoms with E-state index >= 15 is 0 Å². The summed E-state index contributed by atoms with van der Waals surface area (Å²) < 4.78 is 33.4. The first-order valence-electron chi connectivity index (χ1n) is 9.88. The van der Waals surface area contributed by atoms with Crippen LogP contribution in [0.3, 0.4) is 0 Å². The number of piperazine rings is 1. The van der Waals surface area contributed by atoms with E-state index in [2.05, 4.69) is 20.1 Å². The minimum atomic E-state index is -0.455. The van der Waals surface area contributed by atoms with E-state index in [4.69, 9.17) is 4.74 Å². The molecule has 7 heteroatoms. The van der Waals surface area contributed by atoms with E-state index in [1.807, 2.05) is 0 Å². The quantitative estimate of drug-likeness (QED) is 0.643. The van der Waals surface area contributed by atoms with Gasteiger partial charge in [0, 0.05) is 63.9 Å². The minimum Gasteiger partial charge on any atom is -0.381 e. The predicted octanol–water partition coefficient (Wildman–Crippen LogP) is 2.05. The lowest BCUT2D eigenvalue weighted by Crippen LogP contribution is -2.53. The third-order valence-corrected chi connectivity index (χ3v) is 5.90. The predicted molar refractivity (Wildman–Crippen MR) is 101 cm³/mol. The van der Waals surface area contributed by atoms with Crippen LogP contribution in [0.25, 0.3) is 0 Å². The summed E-state index contributed by atoms with van der Waals surface area (Å²) in [6.07, 6.45) is 1.90. The van der Waals surface area contributed by atoms with Crippen molar-refractivity contribution in [1.29, 1.82) is 0 Å². The summed E-state index contributed by atoms with van der Waals surface area (Å²) in [4.78, 5) is 9.14. The molecule has 1 saturated carbocycles. The number of aliphatic imine (C=N–C) groups is 1. The molecule has 148 valence electrons. The van der Waals surface area contributed by atoms with Crippen LogP contribution >= 0.6 is 0 Å². The molecule has 1 aliphatic carbocycles. The van der Waals surface area contributed by atoms with Crippen LogP contribution < -0.4 is 5.32 Å². The summed E-state index contributed by atoms with van der Waals surface area (Å²) in [5.41, 5.74) is 0.203. The van der Waals surface area contributed by atoms with Crippen molar-refractivity contribution in [2.24, 2.45) is 10.9 Å². The Morgan fingerprint density at radius 2 is 1.96 bits per heavy atom. The number of halogens is 2. The van der Waals surface area contributed by atoms with Gasteiger partial charge >= 0.3 is 0 Å². The summed E-state index contributed by atoms with van der Waals surface area (Å²) in [5, 5.41) is 3.41. The number of hydrogen-bond acceptors (Lipinski definition) is 3. The van der Waals surface area contributed by atoms with Crippen LogP contribution in [-0.2, 0) is 4.74 Å². The van der Waals surface area contributed by atoms with Crippen LogP contribution in [-0.4, -0.2) is 74.8 Å². The van der Waals surface area contributed by atoms with Crippen molar-refractivity contribution in [3.05, 3.63) is 35.4 Å². The highest BCUT2D eigenvalue weighted by Crippen LogP contribution is 2.43. The van der Waals surface area contributed by atoms with Crippen molar-refractivity contribution in [1.82, 2.24) is 15.1 Å². The summed E-state index contributed by atoms with van der Waals surface area (Å²) in [6.45, 7) is 6.74. The van der Waals surface area contributed by atoms with Gasteiger partial charge in [0.1, 0.15) is 11.6 Å². The zero-order valence-electron chi connectivity index (χ0n) is 15.8. The monoisotopic (exact) mass is 378 g/mol. The third kappa shape index (κ3) is 4.24. The standard InChI is InChI=1S/C20H28F2N4O/c1-23-20(24-18-11-15(18)19-16(21)3-2-4-17(19)22)26-8-6-25(7-9-26)12-14-5-10-27-13-14/h2-4,14-15,18H,5-13H2,1H3,(H,23,24). The average Bonchev–Trinajstić information content (AvgIpc) is 3.21. The Hall–Kier alpha value is -1.73. The normalized spacial score (nSPS) is 29.2. The zero-order valence-corrected chi connectivity index (χ0v) is 15.8. The Balaban J connectivity index is 1.28. The molecule has 4 rings (SSSR count). The minimum absolute atomic E-state index is 0.0452.